The predicted molar refractivity (Wildman–Crippen MR) is 88.5 cm³/mol. The molecule has 0 saturated carbocycles. The highest BCUT2D eigenvalue weighted by Crippen LogP contribution is 2.35. The van der Waals surface area contributed by atoms with Crippen molar-refractivity contribution in [1.82, 2.24) is 0 Å². The van der Waals surface area contributed by atoms with Gasteiger partial charge < -0.3 is 14.8 Å². The van der Waals surface area contributed by atoms with Gasteiger partial charge in [-0.15, -0.1) is 0 Å². The molecular weight excluding hydrogens is 341 g/mol. The summed E-state index contributed by atoms with van der Waals surface area (Å²) in [6, 6.07) is 11.9. The van der Waals surface area contributed by atoms with Crippen molar-refractivity contribution < 1.29 is 19.1 Å². The Kier molecular flexibility index (Phi) is 5.84. The molecule has 7 heteroatoms. The molecule has 0 radical (unpaired) electrons. The number of anilines is 2. The van der Waals surface area contributed by atoms with Gasteiger partial charge in [-0.3, -0.25) is 4.79 Å². The minimum absolute atomic E-state index is 0.264. The van der Waals surface area contributed by atoms with Crippen LogP contribution in [0.2, 0.25) is 10.0 Å². The predicted octanol–water partition coefficient (Wildman–Crippen LogP) is 4.21. The van der Waals surface area contributed by atoms with Gasteiger partial charge in [-0.2, -0.15) is 0 Å². The zero-order valence-electron chi connectivity index (χ0n) is 12.1. The molecule has 0 bridgehead atoms. The molecule has 0 saturated heterocycles. The molecule has 0 atom stereocenters. The van der Waals surface area contributed by atoms with Crippen molar-refractivity contribution in [1.29, 1.82) is 0 Å². The topological polar surface area (TPSA) is 64.6 Å². The molecular formula is C16H13Cl2NO4. The smallest absolute Gasteiger partial charge is 0.349 e. The molecule has 0 spiro atoms. The number of esters is 2. The summed E-state index contributed by atoms with van der Waals surface area (Å²) < 4.78 is 9.78. The summed E-state index contributed by atoms with van der Waals surface area (Å²) in [4.78, 5) is 22.4. The number of nitrogens with one attached hydrogen (secondary N) is 1. The number of rotatable bonds is 5. The Morgan fingerprint density at radius 1 is 1.04 bits per heavy atom. The van der Waals surface area contributed by atoms with Gasteiger partial charge >= 0.3 is 11.9 Å². The molecule has 1 N–H and O–H groups in total. The van der Waals surface area contributed by atoms with Crippen LogP contribution in [0.5, 0.6) is 5.75 Å². The lowest BCUT2D eigenvalue weighted by atomic mass is 10.2. The lowest BCUT2D eigenvalue weighted by Gasteiger charge is -2.14. The molecule has 0 aliphatic rings. The molecule has 120 valence electrons. The first kappa shape index (κ1) is 17.1. The number of halogens is 2. The zero-order valence-corrected chi connectivity index (χ0v) is 13.6. The maximum Gasteiger partial charge on any atom is 0.349 e. The number of para-hydroxylation sites is 3. The molecule has 0 unspecified atom stereocenters. The van der Waals surface area contributed by atoms with Crippen LogP contribution in [-0.4, -0.2) is 18.5 Å². The molecule has 23 heavy (non-hydrogen) atoms. The summed E-state index contributed by atoms with van der Waals surface area (Å²) in [5.74, 6) is -0.989. The van der Waals surface area contributed by atoms with E-state index >= 15 is 0 Å². The van der Waals surface area contributed by atoms with Crippen molar-refractivity contribution in [2.45, 2.75) is 6.92 Å². The van der Waals surface area contributed by atoms with Crippen LogP contribution in [0.25, 0.3) is 0 Å². The Morgan fingerprint density at radius 2 is 1.70 bits per heavy atom. The monoisotopic (exact) mass is 353 g/mol. The van der Waals surface area contributed by atoms with Crippen molar-refractivity contribution in [3.05, 3.63) is 52.5 Å². The van der Waals surface area contributed by atoms with Crippen molar-refractivity contribution in [3.8, 4) is 5.75 Å². The summed E-state index contributed by atoms with van der Waals surface area (Å²) in [6.07, 6.45) is 0. The van der Waals surface area contributed by atoms with Crippen LogP contribution in [0.4, 0.5) is 11.4 Å². The molecule has 0 amide bonds. The third kappa shape index (κ3) is 4.87. The van der Waals surface area contributed by atoms with Gasteiger partial charge in [-0.25, -0.2) is 4.79 Å². The Balaban J connectivity index is 2.18. The fraction of sp³-hybridized carbons (Fsp3) is 0.125. The summed E-state index contributed by atoms with van der Waals surface area (Å²) in [5, 5.41) is 3.89. The van der Waals surface area contributed by atoms with E-state index in [0.29, 0.717) is 21.4 Å². The van der Waals surface area contributed by atoms with E-state index in [1.807, 2.05) is 0 Å². The molecule has 0 heterocycles. The van der Waals surface area contributed by atoms with Gasteiger partial charge in [0, 0.05) is 6.92 Å². The highest BCUT2D eigenvalue weighted by atomic mass is 35.5. The molecule has 0 aliphatic carbocycles. The Morgan fingerprint density at radius 3 is 2.35 bits per heavy atom. The number of carbonyl (C=O) groups excluding carboxylic acids is 2. The van der Waals surface area contributed by atoms with E-state index in [1.165, 1.54) is 6.92 Å². The minimum atomic E-state index is -0.695. The van der Waals surface area contributed by atoms with Gasteiger partial charge in [-0.1, -0.05) is 41.4 Å². The van der Waals surface area contributed by atoms with Crippen molar-refractivity contribution in [2.24, 2.45) is 0 Å². The summed E-state index contributed by atoms with van der Waals surface area (Å²) >= 11 is 12.2. The van der Waals surface area contributed by atoms with Gasteiger partial charge in [0.05, 0.1) is 21.4 Å². The number of hydrogen-bond donors (Lipinski definition) is 1. The van der Waals surface area contributed by atoms with Crippen molar-refractivity contribution >= 4 is 46.5 Å². The number of hydrogen-bond acceptors (Lipinski definition) is 5. The minimum Gasteiger partial charge on any atom is -0.454 e. The van der Waals surface area contributed by atoms with E-state index in [-0.39, 0.29) is 5.75 Å². The van der Waals surface area contributed by atoms with Crippen LogP contribution < -0.4 is 10.1 Å². The average molecular weight is 354 g/mol. The standard InChI is InChI=1S/C16H13Cl2NO4/c1-10(20)22-9-15(21)23-14-8-3-2-7-13(14)19-16-11(17)5-4-6-12(16)18/h2-8,19H,9H2,1H3. The maximum atomic E-state index is 11.7. The van der Waals surface area contributed by atoms with Crippen LogP contribution in [0, 0.1) is 0 Å². The third-order valence-electron chi connectivity index (χ3n) is 2.73. The zero-order chi connectivity index (χ0) is 16.8. The first-order chi connectivity index (χ1) is 11.0. The fourth-order valence-electron chi connectivity index (χ4n) is 1.72. The van der Waals surface area contributed by atoms with Crippen LogP contribution in [0.15, 0.2) is 42.5 Å². The first-order valence-corrected chi connectivity index (χ1v) is 7.37. The normalized spacial score (nSPS) is 10.0. The highest BCUT2D eigenvalue weighted by molar-refractivity contribution is 6.39. The summed E-state index contributed by atoms with van der Waals surface area (Å²) in [6.45, 7) is 0.749. The molecule has 2 aromatic rings. The molecule has 0 aromatic heterocycles. The van der Waals surface area contributed by atoms with Crippen LogP contribution >= 0.6 is 23.2 Å². The Labute approximate surface area is 143 Å². The second-order valence-corrected chi connectivity index (χ2v) is 5.29. The van der Waals surface area contributed by atoms with Gasteiger partial charge in [0.2, 0.25) is 0 Å². The van der Waals surface area contributed by atoms with E-state index in [0.717, 1.165) is 0 Å². The molecule has 0 fully saturated rings. The largest absolute Gasteiger partial charge is 0.454 e. The third-order valence-corrected chi connectivity index (χ3v) is 3.36. The van der Waals surface area contributed by atoms with Crippen LogP contribution in [0.1, 0.15) is 6.92 Å². The van der Waals surface area contributed by atoms with Gasteiger partial charge in [0.15, 0.2) is 12.4 Å². The highest BCUT2D eigenvalue weighted by Gasteiger charge is 2.13. The van der Waals surface area contributed by atoms with Gasteiger partial charge in [-0.05, 0) is 24.3 Å². The fourth-order valence-corrected chi connectivity index (χ4v) is 2.22. The van der Waals surface area contributed by atoms with Crippen LogP contribution in [-0.2, 0) is 14.3 Å². The van der Waals surface area contributed by atoms with E-state index in [2.05, 4.69) is 10.1 Å². The second-order valence-electron chi connectivity index (χ2n) is 4.47. The van der Waals surface area contributed by atoms with Gasteiger partial charge in [0.25, 0.3) is 0 Å². The van der Waals surface area contributed by atoms with Gasteiger partial charge in [0.1, 0.15) is 0 Å². The lowest BCUT2D eigenvalue weighted by Crippen LogP contribution is -2.17. The summed E-state index contributed by atoms with van der Waals surface area (Å²) in [7, 11) is 0. The van der Waals surface area contributed by atoms with Crippen molar-refractivity contribution in [2.75, 3.05) is 11.9 Å². The Bertz CT molecular complexity index is 714. The van der Waals surface area contributed by atoms with E-state index in [9.17, 15) is 9.59 Å². The number of carbonyl (C=O) groups is 2. The SMILES string of the molecule is CC(=O)OCC(=O)Oc1ccccc1Nc1c(Cl)cccc1Cl. The number of ether oxygens (including phenoxy) is 2. The first-order valence-electron chi connectivity index (χ1n) is 6.61. The number of benzene rings is 2. The van der Waals surface area contributed by atoms with E-state index < -0.39 is 18.5 Å². The second kappa shape index (κ2) is 7.85. The van der Waals surface area contributed by atoms with E-state index in [1.54, 1.807) is 42.5 Å². The molecule has 2 aromatic carbocycles. The van der Waals surface area contributed by atoms with Crippen molar-refractivity contribution in [3.63, 3.8) is 0 Å². The quantitative estimate of drug-likeness (QED) is 0.644. The van der Waals surface area contributed by atoms with Crippen LogP contribution in [0.3, 0.4) is 0 Å². The Hall–Kier alpha value is -2.24. The average Bonchev–Trinajstić information content (AvgIpc) is 2.50. The van der Waals surface area contributed by atoms with E-state index in [4.69, 9.17) is 27.9 Å². The lowest BCUT2D eigenvalue weighted by molar-refractivity contribution is -0.151. The molecule has 5 nitrogen and oxygen atoms in total. The summed E-state index contributed by atoms with van der Waals surface area (Å²) in [5.41, 5.74) is 0.998. The maximum absolute atomic E-state index is 11.7. The molecule has 0 aliphatic heterocycles. The molecule has 2 rings (SSSR count).